The van der Waals surface area contributed by atoms with Crippen LogP contribution in [0.5, 0.6) is 0 Å². The second kappa shape index (κ2) is 13.1. The van der Waals surface area contributed by atoms with Gasteiger partial charge in [-0.15, -0.1) is 28.2 Å². The number of β-lactam (4-membered cyclic amide) rings is 1. The SMILES string of the molecule is CCCNc1ncc(N(C(N)=O)C(C(=O)NC2C(=O)N3C(C(=O)O)=C(CSc4nnnn4C)CS[C@H]23)c2cccs2)c(=O)[nH]1. The van der Waals surface area contributed by atoms with Gasteiger partial charge >= 0.3 is 12.0 Å². The molecule has 0 saturated carbocycles. The summed E-state index contributed by atoms with van der Waals surface area (Å²) in [6.45, 7) is 2.48. The Morgan fingerprint density at radius 2 is 2.14 bits per heavy atom. The van der Waals surface area contributed by atoms with Gasteiger partial charge in [0.1, 0.15) is 22.8 Å². The summed E-state index contributed by atoms with van der Waals surface area (Å²) >= 11 is 3.67. The molecule has 6 N–H and O–H groups in total. The highest BCUT2D eigenvalue weighted by Crippen LogP contribution is 2.42. The van der Waals surface area contributed by atoms with Crippen molar-refractivity contribution < 1.29 is 24.3 Å². The van der Waals surface area contributed by atoms with E-state index in [9.17, 15) is 29.1 Å². The Labute approximate surface area is 261 Å². The number of aromatic nitrogens is 6. The van der Waals surface area contributed by atoms with Crippen LogP contribution in [0.25, 0.3) is 0 Å². The maximum Gasteiger partial charge on any atom is 0.352 e. The highest BCUT2D eigenvalue weighted by atomic mass is 32.2. The molecule has 5 rings (SSSR count). The Bertz CT molecular complexity index is 1670. The zero-order valence-corrected chi connectivity index (χ0v) is 25.7. The third kappa shape index (κ3) is 5.99. The molecule has 4 amide bonds. The summed E-state index contributed by atoms with van der Waals surface area (Å²) in [6, 6.07) is -0.344. The molecule has 2 aliphatic heterocycles. The second-order valence-electron chi connectivity index (χ2n) is 9.53. The monoisotopic (exact) mass is 661 g/mol. The fourth-order valence-corrected chi connectivity index (χ4v) is 7.77. The first kappa shape index (κ1) is 31.0. The fourth-order valence-electron chi connectivity index (χ4n) is 4.62. The van der Waals surface area contributed by atoms with Crippen LogP contribution in [0.1, 0.15) is 24.3 Å². The lowest BCUT2D eigenvalue weighted by atomic mass is 10.0. The molecule has 2 aliphatic rings. The van der Waals surface area contributed by atoms with Crippen LogP contribution in [0.4, 0.5) is 16.4 Å². The van der Waals surface area contributed by atoms with Gasteiger partial charge in [-0.25, -0.2) is 19.3 Å². The molecule has 5 heterocycles. The number of thiophene rings is 1. The second-order valence-corrected chi connectivity index (χ2v) is 12.6. The van der Waals surface area contributed by atoms with Crippen LogP contribution in [0.15, 0.2) is 44.9 Å². The number of amides is 4. The molecule has 0 aromatic carbocycles. The highest BCUT2D eigenvalue weighted by Gasteiger charge is 2.55. The Morgan fingerprint density at radius 3 is 2.75 bits per heavy atom. The molecule has 17 nitrogen and oxygen atoms in total. The molecule has 0 spiro atoms. The number of nitrogens with one attached hydrogen (secondary N) is 3. The number of tetrazole rings is 1. The number of primary amides is 1. The zero-order chi connectivity index (χ0) is 31.5. The third-order valence-electron chi connectivity index (χ3n) is 6.64. The van der Waals surface area contributed by atoms with Gasteiger partial charge in [0.15, 0.2) is 6.04 Å². The number of carbonyl (C=O) groups is 4. The molecule has 1 saturated heterocycles. The van der Waals surface area contributed by atoms with Crippen molar-refractivity contribution in [2.24, 2.45) is 12.8 Å². The minimum atomic E-state index is -1.42. The number of rotatable bonds is 12. The molecular formula is C24H27N11O6S3. The number of nitrogens with two attached hydrogens (primary N) is 1. The van der Waals surface area contributed by atoms with Crippen LogP contribution < -0.4 is 26.8 Å². The van der Waals surface area contributed by atoms with Crippen LogP contribution in [0, 0.1) is 0 Å². The lowest BCUT2D eigenvalue weighted by molar-refractivity contribution is -0.150. The Balaban J connectivity index is 1.38. The molecule has 20 heteroatoms. The summed E-state index contributed by atoms with van der Waals surface area (Å²) in [6.07, 6.45) is 1.92. The van der Waals surface area contributed by atoms with E-state index in [1.807, 2.05) is 6.92 Å². The van der Waals surface area contributed by atoms with Crippen molar-refractivity contribution >= 4 is 70.3 Å². The van der Waals surface area contributed by atoms with Crippen LogP contribution in [0.3, 0.4) is 0 Å². The molecule has 0 radical (unpaired) electrons. The molecular weight excluding hydrogens is 635 g/mol. The number of carbonyl (C=O) groups excluding carboxylic acids is 3. The average Bonchev–Trinajstić information content (AvgIpc) is 3.67. The van der Waals surface area contributed by atoms with Gasteiger partial charge in [-0.05, 0) is 33.9 Å². The van der Waals surface area contributed by atoms with E-state index >= 15 is 0 Å². The van der Waals surface area contributed by atoms with Crippen molar-refractivity contribution in [3.05, 3.63) is 50.2 Å². The Hall–Kier alpha value is -4.43. The number of hydrogen-bond donors (Lipinski definition) is 5. The Morgan fingerprint density at radius 1 is 1.34 bits per heavy atom. The van der Waals surface area contributed by atoms with Crippen molar-refractivity contribution in [3.8, 4) is 0 Å². The van der Waals surface area contributed by atoms with Crippen LogP contribution in [-0.4, -0.2) is 93.5 Å². The van der Waals surface area contributed by atoms with Crippen molar-refractivity contribution in [3.63, 3.8) is 0 Å². The number of H-pyrrole nitrogens is 1. The van der Waals surface area contributed by atoms with Gasteiger partial charge in [0.2, 0.25) is 17.0 Å². The van der Waals surface area contributed by atoms with E-state index in [1.165, 1.54) is 28.2 Å². The van der Waals surface area contributed by atoms with E-state index in [2.05, 4.69) is 36.1 Å². The summed E-state index contributed by atoms with van der Waals surface area (Å²) in [5.41, 5.74) is 5.07. The summed E-state index contributed by atoms with van der Waals surface area (Å²) in [5.74, 6) is -1.99. The maximum absolute atomic E-state index is 13.8. The molecule has 0 bridgehead atoms. The third-order valence-corrected chi connectivity index (χ3v) is 10.0. The number of aryl methyl sites for hydroxylation is 1. The average molecular weight is 662 g/mol. The highest BCUT2D eigenvalue weighted by molar-refractivity contribution is 8.01. The normalized spacial score (nSPS) is 18.3. The number of aliphatic carboxylic acids is 1. The number of carboxylic acids is 1. The van der Waals surface area contributed by atoms with Crippen LogP contribution in [0.2, 0.25) is 0 Å². The number of aromatic amines is 1. The summed E-state index contributed by atoms with van der Waals surface area (Å²) < 4.78 is 1.45. The lowest BCUT2D eigenvalue weighted by Gasteiger charge is -2.49. The quantitative estimate of drug-likeness (QED) is 0.130. The van der Waals surface area contributed by atoms with E-state index in [0.29, 0.717) is 22.2 Å². The molecule has 3 atom stereocenters. The number of urea groups is 1. The number of fused-ring (bicyclic) bond motifs is 1. The first-order chi connectivity index (χ1) is 21.1. The topological polar surface area (TPSA) is 234 Å². The van der Waals surface area contributed by atoms with E-state index in [1.54, 1.807) is 24.6 Å². The molecule has 2 unspecified atom stereocenters. The van der Waals surface area contributed by atoms with Crippen LogP contribution >= 0.6 is 34.9 Å². The van der Waals surface area contributed by atoms with E-state index in [0.717, 1.165) is 33.8 Å². The first-order valence-corrected chi connectivity index (χ1v) is 16.0. The maximum atomic E-state index is 13.8. The number of carboxylic acid groups (broad SMARTS) is 1. The van der Waals surface area contributed by atoms with Crippen LogP contribution in [-0.2, 0) is 21.4 Å². The molecule has 232 valence electrons. The van der Waals surface area contributed by atoms with Gasteiger partial charge in [0.25, 0.3) is 11.5 Å². The number of nitrogens with zero attached hydrogens (tertiary/aromatic N) is 7. The summed E-state index contributed by atoms with van der Waals surface area (Å²) in [4.78, 5) is 74.2. The molecule has 1 fully saturated rings. The van der Waals surface area contributed by atoms with Crippen molar-refractivity contribution in [1.29, 1.82) is 0 Å². The number of thioether (sulfide) groups is 2. The van der Waals surface area contributed by atoms with Crippen molar-refractivity contribution in [2.45, 2.75) is 36.0 Å². The zero-order valence-electron chi connectivity index (χ0n) is 23.3. The van der Waals surface area contributed by atoms with Gasteiger partial charge in [-0.2, -0.15) is 0 Å². The molecule has 3 aromatic heterocycles. The minimum absolute atomic E-state index is 0.158. The van der Waals surface area contributed by atoms with E-state index < -0.39 is 46.8 Å². The van der Waals surface area contributed by atoms with Gasteiger partial charge in [0, 0.05) is 30.0 Å². The predicted molar refractivity (Wildman–Crippen MR) is 162 cm³/mol. The molecule has 44 heavy (non-hydrogen) atoms. The predicted octanol–water partition coefficient (Wildman–Crippen LogP) is 0.334. The minimum Gasteiger partial charge on any atom is -0.477 e. The van der Waals surface area contributed by atoms with Gasteiger partial charge in [0.05, 0.1) is 6.20 Å². The summed E-state index contributed by atoms with van der Waals surface area (Å²) in [7, 11) is 1.65. The van der Waals surface area contributed by atoms with Gasteiger partial charge in [-0.1, -0.05) is 24.8 Å². The van der Waals surface area contributed by atoms with Gasteiger partial charge in [-0.3, -0.25) is 29.2 Å². The number of hydrogen-bond acceptors (Lipinski definition) is 13. The van der Waals surface area contributed by atoms with E-state index in [-0.39, 0.29) is 28.8 Å². The molecule has 0 aliphatic carbocycles. The number of anilines is 2. The fraction of sp³-hybridized carbons (Fsp3) is 0.375. The van der Waals surface area contributed by atoms with Crippen molar-refractivity contribution in [2.75, 3.05) is 28.3 Å². The summed E-state index contributed by atoms with van der Waals surface area (Å²) in [5, 5.41) is 28.2. The largest absolute Gasteiger partial charge is 0.477 e. The standard InChI is InChI=1S/C24H27N11O6S3/c1-3-6-26-23-27-8-12(17(36)29-23)34(22(25)41)16(13-5-4-7-42-13)18(37)28-14-19(38)35-15(21(39)40)11(9-43-20(14)35)10-44-24-30-31-32-33(24)2/h4-5,7-8,14,16,20H,3,6,9-10H2,1-2H3,(H2,25,41)(H,28,37)(H,39,40)(H2,26,27,29,36)/t14?,16?,20-/m1/s1. The first-order valence-electron chi connectivity index (χ1n) is 13.1. The van der Waals surface area contributed by atoms with Crippen molar-refractivity contribution in [1.82, 2.24) is 40.4 Å². The lowest BCUT2D eigenvalue weighted by Crippen LogP contribution is -2.71. The smallest absolute Gasteiger partial charge is 0.352 e. The molecule has 3 aromatic rings. The van der Waals surface area contributed by atoms with Gasteiger partial charge < -0.3 is 21.5 Å². The Kier molecular flexibility index (Phi) is 9.20. The van der Waals surface area contributed by atoms with E-state index in [4.69, 9.17) is 5.73 Å².